The zero-order valence-electron chi connectivity index (χ0n) is 17.6. The molecule has 0 bridgehead atoms. The lowest BCUT2D eigenvalue weighted by Crippen LogP contribution is -2.42. The predicted molar refractivity (Wildman–Crippen MR) is 116 cm³/mol. The van der Waals surface area contributed by atoms with E-state index in [1.54, 1.807) is 6.07 Å². The second-order valence-corrected chi connectivity index (χ2v) is 8.69. The first-order valence-electron chi connectivity index (χ1n) is 11.2. The van der Waals surface area contributed by atoms with Crippen molar-refractivity contribution < 1.29 is 13.6 Å². The number of azide groups is 1. The van der Waals surface area contributed by atoms with Crippen LogP contribution in [0, 0.1) is 17.6 Å². The molecule has 2 atom stereocenters. The third kappa shape index (κ3) is 5.17. The van der Waals surface area contributed by atoms with Crippen LogP contribution >= 0.6 is 0 Å². The Balaban J connectivity index is 1.59. The molecule has 1 N–H and O–H groups in total. The van der Waals surface area contributed by atoms with Gasteiger partial charge in [-0.3, -0.25) is 0 Å². The van der Waals surface area contributed by atoms with E-state index in [4.69, 9.17) is 10.4 Å². The summed E-state index contributed by atoms with van der Waals surface area (Å²) < 4.78 is 28.9. The van der Waals surface area contributed by atoms with Crippen LogP contribution in [-0.4, -0.2) is 12.6 Å². The Morgan fingerprint density at radius 1 is 1.06 bits per heavy atom. The first-order valence-corrected chi connectivity index (χ1v) is 11.2. The number of nitrogens with zero attached hydrogens (tertiary/aromatic N) is 3. The number of nitrogens with one attached hydrogen (secondary N) is 1. The van der Waals surface area contributed by atoms with Crippen molar-refractivity contribution in [2.75, 3.05) is 6.54 Å². The summed E-state index contributed by atoms with van der Waals surface area (Å²) in [5.74, 6) is 0.108. The molecule has 0 spiro atoms. The Morgan fingerprint density at radius 3 is 2.58 bits per heavy atom. The molecule has 0 aromatic heterocycles. The second kappa shape index (κ2) is 10.1. The van der Waals surface area contributed by atoms with Gasteiger partial charge in [0.25, 0.3) is 0 Å². The van der Waals surface area contributed by atoms with Gasteiger partial charge < -0.3 is 10.2 Å². The highest BCUT2D eigenvalue weighted by Gasteiger charge is 2.32. The van der Waals surface area contributed by atoms with Crippen molar-refractivity contribution in [3.63, 3.8) is 0 Å². The van der Waals surface area contributed by atoms with Crippen LogP contribution in [0.1, 0.15) is 61.1 Å². The molecule has 2 aromatic carbocycles. The number of aryl methyl sites for hydroxylation is 1. The molecule has 4 rings (SSSR count). The third-order valence-corrected chi connectivity index (χ3v) is 6.79. The van der Waals surface area contributed by atoms with Crippen LogP contribution in [0.2, 0.25) is 0 Å². The van der Waals surface area contributed by atoms with E-state index in [-0.39, 0.29) is 17.5 Å². The van der Waals surface area contributed by atoms with Crippen molar-refractivity contribution in [2.45, 2.75) is 63.3 Å². The Hall–Kier alpha value is -2.63. The molecule has 7 heteroatoms. The maximum atomic E-state index is 14.5. The normalized spacial score (nSPS) is 21.2. The monoisotopic (exact) mass is 426 g/mol. The maximum Gasteiger partial charge on any atom is 0.137 e. The highest BCUT2D eigenvalue weighted by atomic mass is 19.1. The molecule has 2 aliphatic carbocycles. The van der Waals surface area contributed by atoms with Gasteiger partial charge in [0.2, 0.25) is 0 Å². The summed E-state index contributed by atoms with van der Waals surface area (Å²) in [6, 6.07) is 9.76. The van der Waals surface area contributed by atoms with Crippen LogP contribution < -0.4 is 10.2 Å². The van der Waals surface area contributed by atoms with E-state index in [2.05, 4.69) is 15.5 Å². The molecule has 0 aliphatic heterocycles. The number of fused-ring (bicyclic) bond motifs is 1. The van der Waals surface area contributed by atoms with E-state index in [9.17, 15) is 8.78 Å². The van der Waals surface area contributed by atoms with Crippen LogP contribution in [0.25, 0.3) is 10.4 Å². The molecule has 0 radical (unpaired) electrons. The van der Waals surface area contributed by atoms with E-state index in [0.29, 0.717) is 18.1 Å². The molecular weight excluding hydrogens is 398 g/mol. The number of benzene rings is 2. The van der Waals surface area contributed by atoms with Gasteiger partial charge in [0.05, 0.1) is 0 Å². The lowest BCUT2D eigenvalue weighted by molar-refractivity contribution is 0.299. The highest BCUT2D eigenvalue weighted by Crippen LogP contribution is 2.37. The largest absolute Gasteiger partial charge is 0.394 e. The minimum atomic E-state index is -0.499. The quantitative estimate of drug-likeness (QED) is 0.241. The first kappa shape index (κ1) is 21.6. The molecule has 2 aromatic rings. The minimum Gasteiger partial charge on any atom is -0.394 e. The molecule has 31 heavy (non-hydrogen) atoms. The van der Waals surface area contributed by atoms with E-state index in [0.717, 1.165) is 30.5 Å². The standard InChI is InChI=1S/C24H28F2N4O/c25-22-7-4-8-23(26)21(22)14-20-19-11-10-18(31-30-29-27)13-17(19)9-12-24(20)28-15-16-5-2-1-3-6-16/h4,7-8,10-11,13,16,20,24,28H,1-3,5-6,9,12,14-15H2. The van der Waals surface area contributed by atoms with Crippen LogP contribution in [0.4, 0.5) is 8.78 Å². The van der Waals surface area contributed by atoms with Gasteiger partial charge in [-0.25, -0.2) is 8.78 Å². The van der Waals surface area contributed by atoms with Crippen LogP contribution in [0.15, 0.2) is 41.7 Å². The fraction of sp³-hybridized carbons (Fsp3) is 0.500. The Bertz CT molecular complexity index is 934. The SMILES string of the molecule is [N-]=[N+]=NOc1ccc2c(c1)CCC(NCC1CCCCC1)C2Cc1c(F)cccc1F. The van der Waals surface area contributed by atoms with Gasteiger partial charge in [-0.1, -0.05) is 31.4 Å². The minimum absolute atomic E-state index is 0.0488. The summed E-state index contributed by atoms with van der Waals surface area (Å²) >= 11 is 0. The van der Waals surface area contributed by atoms with Gasteiger partial charge in [0.15, 0.2) is 0 Å². The predicted octanol–water partition coefficient (Wildman–Crippen LogP) is 6.38. The molecule has 0 amide bonds. The van der Waals surface area contributed by atoms with Gasteiger partial charge in [0.1, 0.15) is 22.7 Å². The number of rotatable bonds is 7. The number of hydrogen-bond acceptors (Lipinski definition) is 3. The zero-order chi connectivity index (χ0) is 21.6. The van der Waals surface area contributed by atoms with Gasteiger partial charge in [-0.15, -0.1) is 0 Å². The van der Waals surface area contributed by atoms with E-state index in [1.165, 1.54) is 50.3 Å². The highest BCUT2D eigenvalue weighted by molar-refractivity contribution is 5.41. The molecule has 5 nitrogen and oxygen atoms in total. The summed E-state index contributed by atoms with van der Waals surface area (Å²) in [7, 11) is 0. The van der Waals surface area contributed by atoms with Crippen molar-refractivity contribution in [3.05, 3.63) is 75.2 Å². The summed E-state index contributed by atoms with van der Waals surface area (Å²) in [4.78, 5) is 7.66. The van der Waals surface area contributed by atoms with Gasteiger partial charge in [0, 0.05) is 22.4 Å². The van der Waals surface area contributed by atoms with Gasteiger partial charge in [-0.2, -0.15) is 0 Å². The molecule has 2 aliphatic rings. The summed E-state index contributed by atoms with van der Waals surface area (Å²) in [6.07, 6.45) is 8.42. The Morgan fingerprint density at radius 2 is 1.84 bits per heavy atom. The summed E-state index contributed by atoms with van der Waals surface area (Å²) in [5, 5.41) is 6.91. The number of halogens is 2. The van der Waals surface area contributed by atoms with Crippen molar-refractivity contribution in [1.29, 1.82) is 0 Å². The van der Waals surface area contributed by atoms with Crippen molar-refractivity contribution in [3.8, 4) is 5.75 Å². The smallest absolute Gasteiger partial charge is 0.137 e. The van der Waals surface area contributed by atoms with Crippen LogP contribution in [0.5, 0.6) is 5.75 Å². The van der Waals surface area contributed by atoms with Gasteiger partial charge >= 0.3 is 0 Å². The van der Waals surface area contributed by atoms with E-state index in [1.807, 2.05) is 12.1 Å². The van der Waals surface area contributed by atoms with Crippen molar-refractivity contribution in [1.82, 2.24) is 5.32 Å². The lowest BCUT2D eigenvalue weighted by Gasteiger charge is -2.36. The second-order valence-electron chi connectivity index (χ2n) is 8.69. The topological polar surface area (TPSA) is 70.0 Å². The zero-order valence-corrected chi connectivity index (χ0v) is 17.6. The van der Waals surface area contributed by atoms with E-state index >= 15 is 0 Å². The molecular formula is C24H28F2N4O. The molecule has 0 heterocycles. The Labute approximate surface area is 181 Å². The molecule has 1 fully saturated rings. The van der Waals surface area contributed by atoms with Crippen LogP contribution in [0.3, 0.4) is 0 Å². The number of hydrogen-bond donors (Lipinski definition) is 1. The fourth-order valence-electron chi connectivity index (χ4n) is 5.16. The Kier molecular flexibility index (Phi) is 7.05. The molecule has 1 saturated carbocycles. The maximum absolute atomic E-state index is 14.5. The fourth-order valence-corrected chi connectivity index (χ4v) is 5.16. The van der Waals surface area contributed by atoms with Crippen LogP contribution in [-0.2, 0) is 12.8 Å². The average Bonchev–Trinajstić information content (AvgIpc) is 2.79. The average molecular weight is 427 g/mol. The third-order valence-electron chi connectivity index (χ3n) is 6.79. The van der Waals surface area contributed by atoms with Crippen molar-refractivity contribution in [2.24, 2.45) is 11.2 Å². The molecule has 164 valence electrons. The van der Waals surface area contributed by atoms with Gasteiger partial charge in [-0.05, 0) is 85.5 Å². The summed E-state index contributed by atoms with van der Waals surface area (Å²) in [6.45, 7) is 0.953. The first-order chi connectivity index (χ1) is 15.2. The summed E-state index contributed by atoms with van der Waals surface area (Å²) in [5.41, 5.74) is 10.8. The molecule has 0 saturated heterocycles. The van der Waals surface area contributed by atoms with E-state index < -0.39 is 11.6 Å². The molecule has 2 unspecified atom stereocenters. The lowest BCUT2D eigenvalue weighted by atomic mass is 9.75. The van der Waals surface area contributed by atoms with Crippen molar-refractivity contribution >= 4 is 0 Å².